The zero-order chi connectivity index (χ0) is 13.3. The Morgan fingerprint density at radius 1 is 1.44 bits per heavy atom. The Morgan fingerprint density at radius 3 is 2.67 bits per heavy atom. The smallest absolute Gasteiger partial charge is 0.241 e. The van der Waals surface area contributed by atoms with E-state index in [9.17, 15) is 4.79 Å². The zero-order valence-corrected chi connectivity index (χ0v) is 12.4. The van der Waals surface area contributed by atoms with E-state index in [1.165, 1.54) is 4.88 Å². The van der Waals surface area contributed by atoms with Gasteiger partial charge >= 0.3 is 0 Å². The van der Waals surface area contributed by atoms with Crippen LogP contribution in [0.1, 0.15) is 45.2 Å². The fourth-order valence-electron chi connectivity index (χ4n) is 2.33. The van der Waals surface area contributed by atoms with E-state index in [0.717, 1.165) is 13.0 Å². The van der Waals surface area contributed by atoms with Gasteiger partial charge in [0.25, 0.3) is 0 Å². The van der Waals surface area contributed by atoms with Gasteiger partial charge in [0, 0.05) is 11.4 Å². The Bertz CT molecular complexity index is 408. The molecule has 2 rings (SSSR count). The molecular weight excluding hydrogens is 244 g/mol. The van der Waals surface area contributed by atoms with Crippen molar-refractivity contribution in [1.29, 1.82) is 0 Å². The summed E-state index contributed by atoms with van der Waals surface area (Å²) in [4.78, 5) is 15.6. The highest BCUT2D eigenvalue weighted by molar-refractivity contribution is 7.10. The maximum absolute atomic E-state index is 12.4. The first-order valence-electron chi connectivity index (χ1n) is 6.52. The number of thiophene rings is 1. The van der Waals surface area contributed by atoms with Gasteiger partial charge in [-0.3, -0.25) is 10.1 Å². The summed E-state index contributed by atoms with van der Waals surface area (Å²) in [5.74, 6) is 0.242. The molecule has 0 bridgehead atoms. The summed E-state index contributed by atoms with van der Waals surface area (Å²) >= 11 is 1.71. The molecule has 1 aromatic heterocycles. The number of carbonyl (C=O) groups is 1. The minimum absolute atomic E-state index is 0.0283. The quantitative estimate of drug-likeness (QED) is 0.912. The van der Waals surface area contributed by atoms with Crippen LogP contribution in [0.5, 0.6) is 0 Å². The first-order chi connectivity index (χ1) is 8.42. The first-order valence-corrected chi connectivity index (χ1v) is 7.40. The van der Waals surface area contributed by atoms with E-state index in [1.807, 2.05) is 11.0 Å². The highest BCUT2D eigenvalue weighted by Gasteiger charge is 2.40. The molecule has 2 unspecified atom stereocenters. The molecule has 0 spiro atoms. The summed E-state index contributed by atoms with van der Waals surface area (Å²) in [5, 5.41) is 5.52. The first kappa shape index (κ1) is 13.6. The molecule has 1 N–H and O–H groups in total. The van der Waals surface area contributed by atoms with Gasteiger partial charge < -0.3 is 4.90 Å². The molecule has 2 heterocycles. The normalized spacial score (nSPS) is 24.9. The van der Waals surface area contributed by atoms with Gasteiger partial charge in [-0.1, -0.05) is 33.8 Å². The van der Waals surface area contributed by atoms with Gasteiger partial charge in [0.05, 0.1) is 6.04 Å². The lowest BCUT2D eigenvalue weighted by Gasteiger charge is -2.30. The summed E-state index contributed by atoms with van der Waals surface area (Å²) in [5.41, 5.74) is 0.121. The Kier molecular flexibility index (Phi) is 3.78. The topological polar surface area (TPSA) is 32.3 Å². The number of rotatable bonds is 3. The van der Waals surface area contributed by atoms with Crippen molar-refractivity contribution in [2.24, 2.45) is 5.41 Å². The SMILES string of the molecule is CCC1NC(c2cccs2)N(CC(C)(C)C)C1=O. The van der Waals surface area contributed by atoms with Crippen LogP contribution in [0.2, 0.25) is 0 Å². The lowest BCUT2D eigenvalue weighted by molar-refractivity contribution is -0.131. The van der Waals surface area contributed by atoms with Crippen molar-refractivity contribution < 1.29 is 4.79 Å². The van der Waals surface area contributed by atoms with Crippen LogP contribution < -0.4 is 5.32 Å². The van der Waals surface area contributed by atoms with E-state index in [4.69, 9.17) is 0 Å². The van der Waals surface area contributed by atoms with E-state index in [1.54, 1.807) is 11.3 Å². The number of hydrogen-bond donors (Lipinski definition) is 1. The Labute approximate surface area is 113 Å². The molecule has 1 aromatic rings. The van der Waals surface area contributed by atoms with Crippen molar-refractivity contribution in [2.75, 3.05) is 6.54 Å². The van der Waals surface area contributed by atoms with Gasteiger partial charge in [-0.05, 0) is 23.3 Å². The van der Waals surface area contributed by atoms with Crippen LogP contribution in [0.15, 0.2) is 17.5 Å². The zero-order valence-electron chi connectivity index (χ0n) is 11.6. The molecule has 1 saturated heterocycles. The largest absolute Gasteiger partial charge is 0.320 e. The van der Waals surface area contributed by atoms with E-state index in [0.29, 0.717) is 0 Å². The van der Waals surface area contributed by atoms with Crippen molar-refractivity contribution in [3.8, 4) is 0 Å². The van der Waals surface area contributed by atoms with Gasteiger partial charge in [0.15, 0.2) is 0 Å². The second-order valence-electron chi connectivity index (χ2n) is 6.07. The van der Waals surface area contributed by atoms with Gasteiger partial charge in [0.2, 0.25) is 5.91 Å². The summed E-state index contributed by atoms with van der Waals surface area (Å²) in [7, 11) is 0. The van der Waals surface area contributed by atoms with E-state index in [-0.39, 0.29) is 23.5 Å². The Balaban J connectivity index is 2.23. The second-order valence-corrected chi connectivity index (χ2v) is 7.05. The molecule has 1 aliphatic rings. The molecule has 100 valence electrons. The van der Waals surface area contributed by atoms with E-state index < -0.39 is 0 Å². The predicted octanol–water partition coefficient (Wildman–Crippen LogP) is 3.00. The summed E-state index contributed by atoms with van der Waals surface area (Å²) < 4.78 is 0. The van der Waals surface area contributed by atoms with Gasteiger partial charge in [0.1, 0.15) is 6.17 Å². The van der Waals surface area contributed by atoms with Crippen molar-refractivity contribution in [3.05, 3.63) is 22.4 Å². The maximum Gasteiger partial charge on any atom is 0.241 e. The van der Waals surface area contributed by atoms with Crippen LogP contribution in [0.3, 0.4) is 0 Å². The Hall–Kier alpha value is -0.870. The van der Waals surface area contributed by atoms with Crippen LogP contribution in [0.25, 0.3) is 0 Å². The lowest BCUT2D eigenvalue weighted by atomic mass is 9.95. The summed E-state index contributed by atoms with van der Waals surface area (Å²) in [6.07, 6.45) is 0.906. The molecule has 1 aliphatic heterocycles. The molecule has 18 heavy (non-hydrogen) atoms. The molecule has 4 heteroatoms. The van der Waals surface area contributed by atoms with Crippen LogP contribution in [-0.4, -0.2) is 23.4 Å². The number of nitrogens with zero attached hydrogens (tertiary/aromatic N) is 1. The molecule has 1 fully saturated rings. The third-order valence-electron chi connectivity index (χ3n) is 3.12. The summed E-state index contributed by atoms with van der Waals surface area (Å²) in [6, 6.07) is 4.11. The fourth-order valence-corrected chi connectivity index (χ4v) is 3.13. The number of hydrogen-bond acceptors (Lipinski definition) is 3. The third-order valence-corrected chi connectivity index (χ3v) is 4.04. The summed E-state index contributed by atoms with van der Waals surface area (Å²) in [6.45, 7) is 9.36. The third kappa shape index (κ3) is 2.75. The monoisotopic (exact) mass is 266 g/mol. The van der Waals surface area contributed by atoms with Gasteiger partial charge in [-0.15, -0.1) is 11.3 Å². The fraction of sp³-hybridized carbons (Fsp3) is 0.643. The lowest BCUT2D eigenvalue weighted by Crippen LogP contribution is -2.37. The number of carbonyl (C=O) groups excluding carboxylic acids is 1. The molecule has 2 atom stereocenters. The van der Waals surface area contributed by atoms with Crippen molar-refractivity contribution in [3.63, 3.8) is 0 Å². The van der Waals surface area contributed by atoms with E-state index >= 15 is 0 Å². The van der Waals surface area contributed by atoms with Crippen LogP contribution >= 0.6 is 11.3 Å². The van der Waals surface area contributed by atoms with Crippen LogP contribution in [-0.2, 0) is 4.79 Å². The average Bonchev–Trinajstić information content (AvgIpc) is 2.87. The maximum atomic E-state index is 12.4. The van der Waals surface area contributed by atoms with Gasteiger partial charge in [-0.2, -0.15) is 0 Å². The van der Waals surface area contributed by atoms with Gasteiger partial charge in [-0.25, -0.2) is 0 Å². The average molecular weight is 266 g/mol. The van der Waals surface area contributed by atoms with Crippen molar-refractivity contribution in [1.82, 2.24) is 10.2 Å². The molecule has 0 aliphatic carbocycles. The second kappa shape index (κ2) is 5.02. The molecule has 1 amide bonds. The Morgan fingerprint density at radius 2 is 2.17 bits per heavy atom. The standard InChI is InChI=1S/C14H22N2OS/c1-5-10-13(17)16(9-14(2,3)4)12(15-10)11-7-6-8-18-11/h6-8,10,12,15H,5,9H2,1-4H3. The van der Waals surface area contributed by atoms with Crippen LogP contribution in [0.4, 0.5) is 0 Å². The minimum atomic E-state index is -0.0283. The molecule has 3 nitrogen and oxygen atoms in total. The minimum Gasteiger partial charge on any atom is -0.320 e. The highest BCUT2D eigenvalue weighted by atomic mass is 32.1. The van der Waals surface area contributed by atoms with Crippen molar-refractivity contribution >= 4 is 17.2 Å². The predicted molar refractivity (Wildman–Crippen MR) is 75.4 cm³/mol. The van der Waals surface area contributed by atoms with Crippen molar-refractivity contribution in [2.45, 2.75) is 46.3 Å². The molecule has 0 aromatic carbocycles. The number of amides is 1. The molecule has 0 saturated carbocycles. The van der Waals surface area contributed by atoms with Crippen LogP contribution in [0, 0.1) is 5.41 Å². The molecule has 0 radical (unpaired) electrons. The highest BCUT2D eigenvalue weighted by Crippen LogP contribution is 2.32. The molecular formula is C14H22N2OS. The van der Waals surface area contributed by atoms with E-state index in [2.05, 4.69) is 44.5 Å². The number of nitrogens with one attached hydrogen (secondary N) is 1.